The summed E-state index contributed by atoms with van der Waals surface area (Å²) in [4.78, 5) is 11.7. The fourth-order valence-electron chi connectivity index (χ4n) is 1.46. The molecule has 2 rings (SSSR count). The van der Waals surface area contributed by atoms with Gasteiger partial charge in [0.2, 0.25) is 0 Å². The largest absolute Gasteiger partial charge is 0.504 e. The Bertz CT molecular complexity index is 549. The van der Waals surface area contributed by atoms with Crippen molar-refractivity contribution in [1.29, 1.82) is 0 Å². The highest BCUT2D eigenvalue weighted by Gasteiger charge is 2.10. The SMILES string of the molecule is O=C(OCc1ccccc1)c1ccc(O)c(O)c1. The molecule has 0 spiro atoms. The van der Waals surface area contributed by atoms with Crippen LogP contribution >= 0.6 is 0 Å². The maximum atomic E-state index is 11.7. The molecule has 0 heterocycles. The first-order valence-electron chi connectivity index (χ1n) is 5.40. The quantitative estimate of drug-likeness (QED) is 0.643. The smallest absolute Gasteiger partial charge is 0.338 e. The van der Waals surface area contributed by atoms with E-state index in [0.717, 1.165) is 5.56 Å². The molecule has 2 aromatic carbocycles. The molecular weight excluding hydrogens is 232 g/mol. The molecule has 0 saturated carbocycles. The van der Waals surface area contributed by atoms with Crippen molar-refractivity contribution < 1.29 is 19.7 Å². The lowest BCUT2D eigenvalue weighted by molar-refractivity contribution is 0.0472. The first kappa shape index (κ1) is 12.0. The Morgan fingerprint density at radius 2 is 1.72 bits per heavy atom. The third-order valence-electron chi connectivity index (χ3n) is 2.42. The summed E-state index contributed by atoms with van der Waals surface area (Å²) in [6.45, 7) is 0.168. The van der Waals surface area contributed by atoms with Gasteiger partial charge < -0.3 is 14.9 Å². The summed E-state index contributed by atoms with van der Waals surface area (Å²) >= 11 is 0. The summed E-state index contributed by atoms with van der Waals surface area (Å²) in [5, 5.41) is 18.4. The van der Waals surface area contributed by atoms with Crippen LogP contribution < -0.4 is 0 Å². The monoisotopic (exact) mass is 244 g/mol. The van der Waals surface area contributed by atoms with Crippen molar-refractivity contribution in [2.24, 2.45) is 0 Å². The second-order valence-electron chi connectivity index (χ2n) is 3.77. The molecule has 0 unspecified atom stereocenters. The topological polar surface area (TPSA) is 66.8 Å². The number of benzene rings is 2. The second kappa shape index (κ2) is 5.23. The summed E-state index contributed by atoms with van der Waals surface area (Å²) < 4.78 is 5.08. The number of hydrogen-bond donors (Lipinski definition) is 2. The Labute approximate surface area is 104 Å². The van der Waals surface area contributed by atoms with Gasteiger partial charge in [0.15, 0.2) is 11.5 Å². The Morgan fingerprint density at radius 1 is 1.00 bits per heavy atom. The number of phenolic OH excluding ortho intramolecular Hbond substituents is 2. The van der Waals surface area contributed by atoms with Crippen LogP contribution in [0.3, 0.4) is 0 Å². The molecule has 0 amide bonds. The van der Waals surface area contributed by atoms with Gasteiger partial charge in [-0.2, -0.15) is 0 Å². The van der Waals surface area contributed by atoms with E-state index < -0.39 is 5.97 Å². The normalized spacial score (nSPS) is 10.0. The molecule has 0 radical (unpaired) electrons. The molecule has 92 valence electrons. The fourth-order valence-corrected chi connectivity index (χ4v) is 1.46. The minimum absolute atomic E-state index is 0.168. The molecule has 0 aromatic heterocycles. The number of hydrogen-bond acceptors (Lipinski definition) is 4. The molecule has 0 fully saturated rings. The highest BCUT2D eigenvalue weighted by Crippen LogP contribution is 2.25. The lowest BCUT2D eigenvalue weighted by Gasteiger charge is -2.05. The molecule has 2 aromatic rings. The first-order valence-corrected chi connectivity index (χ1v) is 5.40. The highest BCUT2D eigenvalue weighted by atomic mass is 16.5. The maximum Gasteiger partial charge on any atom is 0.338 e. The average Bonchev–Trinajstić information content (AvgIpc) is 2.40. The van der Waals surface area contributed by atoms with Crippen LogP contribution in [0.5, 0.6) is 11.5 Å². The van der Waals surface area contributed by atoms with Gasteiger partial charge in [-0.25, -0.2) is 4.79 Å². The van der Waals surface area contributed by atoms with Gasteiger partial charge in [0.05, 0.1) is 5.56 Å². The Morgan fingerprint density at radius 3 is 2.39 bits per heavy atom. The lowest BCUT2D eigenvalue weighted by atomic mass is 10.2. The maximum absolute atomic E-state index is 11.7. The van der Waals surface area contributed by atoms with Gasteiger partial charge >= 0.3 is 5.97 Å². The molecule has 0 saturated heterocycles. The lowest BCUT2D eigenvalue weighted by Crippen LogP contribution is -2.04. The molecule has 0 aliphatic heterocycles. The molecule has 0 aliphatic rings. The standard InChI is InChI=1S/C14H12O4/c15-12-7-6-11(8-13(12)16)14(17)18-9-10-4-2-1-3-5-10/h1-8,15-16H,9H2. The van der Waals surface area contributed by atoms with E-state index in [2.05, 4.69) is 0 Å². The molecular formula is C14H12O4. The van der Waals surface area contributed by atoms with Crippen LogP contribution in [0, 0.1) is 0 Å². The van der Waals surface area contributed by atoms with E-state index in [9.17, 15) is 9.90 Å². The van der Waals surface area contributed by atoms with Crippen molar-refractivity contribution in [1.82, 2.24) is 0 Å². The van der Waals surface area contributed by atoms with E-state index >= 15 is 0 Å². The number of carbonyl (C=O) groups excluding carboxylic acids is 1. The van der Waals surface area contributed by atoms with E-state index in [-0.39, 0.29) is 23.7 Å². The van der Waals surface area contributed by atoms with Crippen LogP contribution in [0.2, 0.25) is 0 Å². The minimum Gasteiger partial charge on any atom is -0.504 e. The van der Waals surface area contributed by atoms with E-state index in [4.69, 9.17) is 9.84 Å². The molecule has 18 heavy (non-hydrogen) atoms. The summed E-state index contributed by atoms with van der Waals surface area (Å²) in [6, 6.07) is 13.1. The van der Waals surface area contributed by atoms with E-state index in [0.29, 0.717) is 0 Å². The number of phenols is 2. The molecule has 2 N–H and O–H groups in total. The first-order chi connectivity index (χ1) is 8.66. The number of aromatic hydroxyl groups is 2. The van der Waals surface area contributed by atoms with E-state index in [1.807, 2.05) is 30.3 Å². The van der Waals surface area contributed by atoms with Crippen molar-refractivity contribution >= 4 is 5.97 Å². The number of esters is 1. The summed E-state index contributed by atoms with van der Waals surface area (Å²) in [7, 11) is 0. The van der Waals surface area contributed by atoms with E-state index in [1.54, 1.807) is 0 Å². The second-order valence-corrected chi connectivity index (χ2v) is 3.77. The summed E-state index contributed by atoms with van der Waals surface area (Å²) in [5.74, 6) is -1.16. The third-order valence-corrected chi connectivity index (χ3v) is 2.42. The van der Waals surface area contributed by atoms with Crippen LogP contribution in [-0.2, 0) is 11.3 Å². The van der Waals surface area contributed by atoms with Crippen molar-refractivity contribution in [2.75, 3.05) is 0 Å². The zero-order valence-corrected chi connectivity index (χ0v) is 9.54. The van der Waals surface area contributed by atoms with Crippen LogP contribution in [-0.4, -0.2) is 16.2 Å². The predicted octanol–water partition coefficient (Wildman–Crippen LogP) is 2.45. The van der Waals surface area contributed by atoms with Gasteiger partial charge in [0.1, 0.15) is 6.61 Å². The molecule has 4 heteroatoms. The summed E-state index contributed by atoms with van der Waals surface area (Å²) in [6.07, 6.45) is 0. The number of rotatable bonds is 3. The van der Waals surface area contributed by atoms with Gasteiger partial charge in [0, 0.05) is 0 Å². The van der Waals surface area contributed by atoms with Crippen LogP contribution in [0.1, 0.15) is 15.9 Å². The molecule has 4 nitrogen and oxygen atoms in total. The zero-order chi connectivity index (χ0) is 13.0. The predicted molar refractivity (Wildman–Crippen MR) is 65.3 cm³/mol. The number of ether oxygens (including phenoxy) is 1. The molecule has 0 aliphatic carbocycles. The van der Waals surface area contributed by atoms with Crippen LogP contribution in [0.25, 0.3) is 0 Å². The zero-order valence-electron chi connectivity index (χ0n) is 9.54. The highest BCUT2D eigenvalue weighted by molar-refractivity contribution is 5.90. The minimum atomic E-state index is -0.547. The average molecular weight is 244 g/mol. The van der Waals surface area contributed by atoms with Gasteiger partial charge in [-0.15, -0.1) is 0 Å². The van der Waals surface area contributed by atoms with Crippen molar-refractivity contribution in [3.8, 4) is 11.5 Å². The third kappa shape index (κ3) is 2.79. The van der Waals surface area contributed by atoms with Gasteiger partial charge in [-0.3, -0.25) is 0 Å². The number of carbonyl (C=O) groups is 1. The van der Waals surface area contributed by atoms with Gasteiger partial charge in [-0.1, -0.05) is 30.3 Å². The fraction of sp³-hybridized carbons (Fsp3) is 0.0714. The van der Waals surface area contributed by atoms with Crippen LogP contribution in [0.4, 0.5) is 0 Å². The Kier molecular flexibility index (Phi) is 3.48. The molecule has 0 bridgehead atoms. The molecule has 0 atom stereocenters. The Hall–Kier alpha value is -2.49. The van der Waals surface area contributed by atoms with Crippen molar-refractivity contribution in [3.63, 3.8) is 0 Å². The van der Waals surface area contributed by atoms with Crippen molar-refractivity contribution in [2.45, 2.75) is 6.61 Å². The van der Waals surface area contributed by atoms with E-state index in [1.165, 1.54) is 18.2 Å². The van der Waals surface area contributed by atoms with Gasteiger partial charge in [-0.05, 0) is 23.8 Å². The van der Waals surface area contributed by atoms with Crippen molar-refractivity contribution in [3.05, 3.63) is 59.7 Å². The van der Waals surface area contributed by atoms with Gasteiger partial charge in [0.25, 0.3) is 0 Å². The van der Waals surface area contributed by atoms with Crippen LogP contribution in [0.15, 0.2) is 48.5 Å². The Balaban J connectivity index is 2.02. The summed E-state index contributed by atoms with van der Waals surface area (Å²) in [5.41, 5.74) is 1.08.